The van der Waals surface area contributed by atoms with Gasteiger partial charge in [0.2, 0.25) is 0 Å². The predicted octanol–water partition coefficient (Wildman–Crippen LogP) is 2.24. The van der Waals surface area contributed by atoms with Crippen molar-refractivity contribution >= 4 is 5.91 Å². The number of aromatic nitrogens is 3. The lowest BCUT2D eigenvalue weighted by atomic mass is 10.1. The van der Waals surface area contributed by atoms with Crippen LogP contribution in [0.1, 0.15) is 17.4 Å². The molecule has 0 aliphatic carbocycles. The van der Waals surface area contributed by atoms with Crippen LogP contribution in [-0.4, -0.2) is 27.0 Å². The Kier molecular flexibility index (Phi) is 5.03. The van der Waals surface area contributed by atoms with E-state index in [1.807, 2.05) is 7.05 Å². The van der Waals surface area contributed by atoms with E-state index in [1.54, 1.807) is 47.4 Å². The highest BCUT2D eigenvalue weighted by atomic mass is 19.1. The third-order valence-corrected chi connectivity index (χ3v) is 3.61. The van der Waals surface area contributed by atoms with Crippen molar-refractivity contribution < 1.29 is 13.9 Å². The largest absolute Gasteiger partial charge is 0.482 e. The number of pyridine rings is 1. The lowest BCUT2D eigenvalue weighted by Gasteiger charge is -2.19. The van der Waals surface area contributed by atoms with Gasteiger partial charge in [-0.05, 0) is 29.8 Å². The molecule has 0 unspecified atom stereocenters. The van der Waals surface area contributed by atoms with Crippen LogP contribution in [0.2, 0.25) is 0 Å². The maximum absolute atomic E-state index is 13.6. The summed E-state index contributed by atoms with van der Waals surface area (Å²) in [7, 11) is 1.81. The minimum Gasteiger partial charge on any atom is -0.482 e. The second-order valence-electron chi connectivity index (χ2n) is 5.43. The van der Waals surface area contributed by atoms with E-state index in [1.165, 1.54) is 18.3 Å². The van der Waals surface area contributed by atoms with Crippen LogP contribution in [0.25, 0.3) is 0 Å². The molecular weight excluding hydrogens is 323 g/mol. The molecule has 1 N–H and O–H groups in total. The Morgan fingerprint density at radius 1 is 1.32 bits per heavy atom. The number of hydrogen-bond donors (Lipinski definition) is 1. The van der Waals surface area contributed by atoms with Crippen LogP contribution in [-0.2, 0) is 11.8 Å². The van der Waals surface area contributed by atoms with Crippen molar-refractivity contribution in [2.24, 2.45) is 7.05 Å². The van der Waals surface area contributed by atoms with E-state index in [4.69, 9.17) is 4.74 Å². The van der Waals surface area contributed by atoms with E-state index in [-0.39, 0.29) is 18.3 Å². The fourth-order valence-electron chi connectivity index (χ4n) is 2.42. The fraction of sp³-hybridized carbons (Fsp3) is 0.167. The molecule has 0 saturated carbocycles. The number of carbonyl (C=O) groups is 1. The zero-order chi connectivity index (χ0) is 17.6. The molecule has 1 atom stereocenters. The van der Waals surface area contributed by atoms with E-state index in [0.29, 0.717) is 17.1 Å². The number of carbonyl (C=O) groups excluding carboxylic acids is 1. The van der Waals surface area contributed by atoms with Crippen LogP contribution in [0.4, 0.5) is 4.39 Å². The Hall–Kier alpha value is -3.22. The number of nitrogens with one attached hydrogen (secondary N) is 1. The Labute approximate surface area is 144 Å². The summed E-state index contributed by atoms with van der Waals surface area (Å²) in [6, 6.07) is 8.91. The Morgan fingerprint density at radius 2 is 2.20 bits per heavy atom. The van der Waals surface area contributed by atoms with Crippen molar-refractivity contribution in [3.8, 4) is 5.75 Å². The molecular formula is C18H17FN4O2. The first-order valence-corrected chi connectivity index (χ1v) is 7.68. The second-order valence-corrected chi connectivity index (χ2v) is 5.43. The third-order valence-electron chi connectivity index (χ3n) is 3.61. The molecule has 0 aliphatic heterocycles. The standard InChI is InChI=1S/C18H17FN4O2/c1-23-9-8-21-18(23)17(13-4-2-5-14(19)10-13)22-16(24)12-25-15-6-3-7-20-11-15/h2-11,17H,12H2,1H3,(H,22,24)/t17-/m0/s1. The number of hydrogen-bond acceptors (Lipinski definition) is 4. The fourth-order valence-corrected chi connectivity index (χ4v) is 2.42. The van der Waals surface area contributed by atoms with Crippen molar-refractivity contribution in [2.45, 2.75) is 6.04 Å². The Bertz CT molecular complexity index is 851. The Balaban J connectivity index is 1.76. The number of benzene rings is 1. The third kappa shape index (κ3) is 4.20. The summed E-state index contributed by atoms with van der Waals surface area (Å²) < 4.78 is 20.8. The van der Waals surface area contributed by atoms with Gasteiger partial charge in [-0.15, -0.1) is 0 Å². The summed E-state index contributed by atoms with van der Waals surface area (Å²) >= 11 is 0. The lowest BCUT2D eigenvalue weighted by Crippen LogP contribution is -2.34. The molecule has 7 heteroatoms. The zero-order valence-electron chi connectivity index (χ0n) is 13.6. The molecule has 1 amide bonds. The number of amides is 1. The molecule has 0 aliphatic rings. The molecule has 0 spiro atoms. The summed E-state index contributed by atoms with van der Waals surface area (Å²) in [5, 5.41) is 2.84. The molecule has 3 rings (SSSR count). The van der Waals surface area contributed by atoms with Gasteiger partial charge in [0.15, 0.2) is 6.61 Å². The molecule has 0 fully saturated rings. The van der Waals surface area contributed by atoms with Gasteiger partial charge in [-0.2, -0.15) is 0 Å². The molecule has 6 nitrogen and oxygen atoms in total. The molecule has 0 saturated heterocycles. The first-order chi connectivity index (χ1) is 12.1. The highest BCUT2D eigenvalue weighted by Crippen LogP contribution is 2.21. The molecule has 2 heterocycles. The maximum Gasteiger partial charge on any atom is 0.258 e. The summed E-state index contributed by atoms with van der Waals surface area (Å²) in [6.07, 6.45) is 6.53. The normalized spacial score (nSPS) is 11.8. The second kappa shape index (κ2) is 7.57. The number of aryl methyl sites for hydroxylation is 1. The average molecular weight is 340 g/mol. The van der Waals surface area contributed by atoms with E-state index in [2.05, 4.69) is 15.3 Å². The van der Waals surface area contributed by atoms with Crippen LogP contribution in [0.3, 0.4) is 0 Å². The van der Waals surface area contributed by atoms with Crippen molar-refractivity contribution in [2.75, 3.05) is 6.61 Å². The van der Waals surface area contributed by atoms with Gasteiger partial charge in [0.1, 0.15) is 23.4 Å². The SMILES string of the molecule is Cn1ccnc1[C@@H](NC(=O)COc1cccnc1)c1cccc(F)c1. The zero-order valence-corrected chi connectivity index (χ0v) is 13.6. The van der Waals surface area contributed by atoms with E-state index in [0.717, 1.165) is 0 Å². The summed E-state index contributed by atoms with van der Waals surface area (Å²) in [6.45, 7) is -0.179. The van der Waals surface area contributed by atoms with Gasteiger partial charge in [0, 0.05) is 25.6 Å². The van der Waals surface area contributed by atoms with Crippen LogP contribution in [0.15, 0.2) is 61.2 Å². The van der Waals surface area contributed by atoms with Gasteiger partial charge in [-0.3, -0.25) is 9.78 Å². The average Bonchev–Trinajstić information content (AvgIpc) is 3.04. The summed E-state index contributed by atoms with van der Waals surface area (Å²) in [5.41, 5.74) is 0.601. The molecule has 25 heavy (non-hydrogen) atoms. The summed E-state index contributed by atoms with van der Waals surface area (Å²) in [4.78, 5) is 20.5. The van der Waals surface area contributed by atoms with Gasteiger partial charge in [0.05, 0.1) is 6.20 Å². The Morgan fingerprint density at radius 3 is 2.88 bits per heavy atom. The molecule has 3 aromatic rings. The first kappa shape index (κ1) is 16.6. The van der Waals surface area contributed by atoms with Crippen LogP contribution in [0, 0.1) is 5.82 Å². The van der Waals surface area contributed by atoms with Crippen LogP contribution >= 0.6 is 0 Å². The molecule has 0 radical (unpaired) electrons. The van der Waals surface area contributed by atoms with E-state index >= 15 is 0 Å². The number of nitrogens with zero attached hydrogens (tertiary/aromatic N) is 3. The topological polar surface area (TPSA) is 69.0 Å². The van der Waals surface area contributed by atoms with Gasteiger partial charge in [0.25, 0.3) is 5.91 Å². The van der Waals surface area contributed by atoms with Gasteiger partial charge < -0.3 is 14.6 Å². The number of rotatable bonds is 6. The number of imidazole rings is 1. The van der Waals surface area contributed by atoms with Crippen LogP contribution < -0.4 is 10.1 Å². The lowest BCUT2D eigenvalue weighted by molar-refractivity contribution is -0.123. The maximum atomic E-state index is 13.6. The highest BCUT2D eigenvalue weighted by molar-refractivity contribution is 5.78. The molecule has 128 valence electrons. The first-order valence-electron chi connectivity index (χ1n) is 7.68. The smallest absolute Gasteiger partial charge is 0.258 e. The van der Waals surface area contributed by atoms with Crippen LogP contribution in [0.5, 0.6) is 5.75 Å². The van der Waals surface area contributed by atoms with Gasteiger partial charge in [-0.1, -0.05) is 12.1 Å². The molecule has 1 aromatic carbocycles. The van der Waals surface area contributed by atoms with Crippen molar-refractivity contribution in [1.82, 2.24) is 19.9 Å². The van der Waals surface area contributed by atoms with E-state index < -0.39 is 6.04 Å². The minimum atomic E-state index is -0.583. The number of ether oxygens (including phenoxy) is 1. The monoisotopic (exact) mass is 340 g/mol. The van der Waals surface area contributed by atoms with Crippen molar-refractivity contribution in [3.05, 3.63) is 78.4 Å². The summed E-state index contributed by atoms with van der Waals surface area (Å²) in [5.74, 6) is 0.371. The van der Waals surface area contributed by atoms with Gasteiger partial charge >= 0.3 is 0 Å². The van der Waals surface area contributed by atoms with Crippen molar-refractivity contribution in [3.63, 3.8) is 0 Å². The van der Waals surface area contributed by atoms with Crippen molar-refractivity contribution in [1.29, 1.82) is 0 Å². The highest BCUT2D eigenvalue weighted by Gasteiger charge is 2.21. The molecule has 0 bridgehead atoms. The minimum absolute atomic E-state index is 0.179. The quantitative estimate of drug-likeness (QED) is 0.747. The van der Waals surface area contributed by atoms with Gasteiger partial charge in [-0.25, -0.2) is 9.37 Å². The number of halogens is 1. The molecule has 2 aromatic heterocycles. The predicted molar refractivity (Wildman–Crippen MR) is 89.3 cm³/mol. The van der Waals surface area contributed by atoms with E-state index in [9.17, 15) is 9.18 Å².